The molecule has 0 saturated heterocycles. The van der Waals surface area contributed by atoms with Crippen LogP contribution in [0.15, 0.2) is 18.2 Å². The molecule has 1 aromatic rings. The van der Waals surface area contributed by atoms with Gasteiger partial charge in [0.2, 0.25) is 0 Å². The number of unbranched alkanes of at least 4 members (excludes halogenated alkanes) is 51. The van der Waals surface area contributed by atoms with E-state index in [1.165, 1.54) is 308 Å². The molecule has 0 radical (unpaired) electrons. The maximum atomic E-state index is 13.5. The Bertz CT molecular complexity index is 1280. The number of ether oxygens (including phenoxy) is 1. The van der Waals surface area contributed by atoms with E-state index in [4.69, 9.17) is 4.74 Å². The molecule has 1 rings (SSSR count). The highest BCUT2D eigenvalue weighted by atomic mass is 16.5. The van der Waals surface area contributed by atoms with Crippen LogP contribution >= 0.6 is 0 Å². The van der Waals surface area contributed by atoms with E-state index in [2.05, 4.69) is 31.4 Å². The Kier molecular flexibility index (Phi) is 54.5. The zero-order valence-corrected chi connectivity index (χ0v) is 49.8. The third-order valence-corrected chi connectivity index (χ3v) is 15.9. The smallest absolute Gasteiger partial charge is 0.255 e. The molecule has 0 bridgehead atoms. The summed E-state index contributed by atoms with van der Waals surface area (Å²) >= 11 is 0. The molecular formula is C68H128N2O3. The maximum absolute atomic E-state index is 13.5. The molecule has 0 heterocycles. The van der Waals surface area contributed by atoms with Crippen molar-refractivity contribution in [3.8, 4) is 5.75 Å². The lowest BCUT2D eigenvalue weighted by Gasteiger charge is -2.14. The Balaban J connectivity index is 2.31. The lowest BCUT2D eigenvalue weighted by atomic mass is 10.0. The maximum Gasteiger partial charge on any atom is 0.255 e. The van der Waals surface area contributed by atoms with Crippen LogP contribution in [-0.2, 0) is 0 Å². The summed E-state index contributed by atoms with van der Waals surface area (Å²) in [6.07, 6.45) is 73.2. The molecule has 1 aromatic carbocycles. The molecule has 0 aliphatic heterocycles. The monoisotopic (exact) mass is 1020 g/mol. The molecule has 2 amide bonds. The number of carbonyl (C=O) groups is 2. The molecule has 2 N–H and O–H groups in total. The molecule has 0 fully saturated rings. The van der Waals surface area contributed by atoms with E-state index >= 15 is 0 Å². The first-order chi connectivity index (χ1) is 36.1. The van der Waals surface area contributed by atoms with Crippen molar-refractivity contribution in [2.45, 2.75) is 367 Å². The van der Waals surface area contributed by atoms with Crippen molar-refractivity contribution in [2.24, 2.45) is 0 Å². The Morgan fingerprint density at radius 3 is 0.808 bits per heavy atom. The molecule has 5 nitrogen and oxygen atoms in total. The molecule has 0 aliphatic rings. The number of hydrogen-bond acceptors (Lipinski definition) is 3. The standard InChI is InChI=1S/C68H128N2O3/c1-4-7-10-13-16-19-22-25-28-30-32-34-36-38-40-43-46-49-52-55-60-69-67(71)64-58-59-65(66(63-64)73-62-57-54-51-48-45-42-27-24-21-18-15-12-9-6-3)68(72)70-61-56-53-50-47-44-41-39-37-35-33-31-29-26-23-20-17-14-11-8-5-2/h58-59,63H,4-57,60-62H2,1-3H3,(H,69,71)(H,70,72). The summed E-state index contributed by atoms with van der Waals surface area (Å²) in [5.41, 5.74) is 1.12. The van der Waals surface area contributed by atoms with Crippen molar-refractivity contribution in [1.29, 1.82) is 0 Å². The van der Waals surface area contributed by atoms with Crippen LogP contribution in [0.3, 0.4) is 0 Å². The van der Waals surface area contributed by atoms with Gasteiger partial charge >= 0.3 is 0 Å². The van der Waals surface area contributed by atoms with Crippen LogP contribution in [0, 0.1) is 0 Å². The molecule has 0 aromatic heterocycles. The molecule has 5 heteroatoms. The van der Waals surface area contributed by atoms with Crippen molar-refractivity contribution in [1.82, 2.24) is 10.6 Å². The minimum absolute atomic E-state index is 0.0737. The Labute approximate surface area is 457 Å². The minimum Gasteiger partial charge on any atom is -0.493 e. The van der Waals surface area contributed by atoms with Gasteiger partial charge in [0.15, 0.2) is 0 Å². The first-order valence-corrected chi connectivity index (χ1v) is 33.5. The van der Waals surface area contributed by atoms with Crippen molar-refractivity contribution < 1.29 is 14.3 Å². The van der Waals surface area contributed by atoms with Gasteiger partial charge in [-0.15, -0.1) is 0 Å². The number of hydrogen-bond donors (Lipinski definition) is 2. The predicted octanol–water partition coefficient (Wildman–Crippen LogP) is 22.7. The minimum atomic E-state index is -0.0925. The molecule has 73 heavy (non-hydrogen) atoms. The Morgan fingerprint density at radius 1 is 0.301 bits per heavy atom. The van der Waals surface area contributed by atoms with Gasteiger partial charge in [-0.1, -0.05) is 348 Å². The average molecular weight is 1020 g/mol. The van der Waals surface area contributed by atoms with Gasteiger partial charge in [-0.25, -0.2) is 0 Å². The highest BCUT2D eigenvalue weighted by Crippen LogP contribution is 2.23. The lowest BCUT2D eigenvalue weighted by molar-refractivity contribution is 0.0937. The molecule has 0 unspecified atom stereocenters. The average Bonchev–Trinajstić information content (AvgIpc) is 3.40. The van der Waals surface area contributed by atoms with Crippen LogP contribution < -0.4 is 15.4 Å². The first kappa shape index (κ1) is 69.0. The second-order valence-electron chi connectivity index (χ2n) is 23.1. The SMILES string of the molecule is CCCCCCCCCCCCCCCCCCCCCCNC(=O)c1ccc(C(=O)NCCCCCCCCCCCCCCCCCCCCCC)c(OCCCCCCCCCCCCCCCC)c1. The van der Waals surface area contributed by atoms with E-state index < -0.39 is 0 Å². The zero-order valence-electron chi connectivity index (χ0n) is 49.8. The van der Waals surface area contributed by atoms with Crippen LogP contribution in [0.1, 0.15) is 388 Å². The summed E-state index contributed by atoms with van der Waals surface area (Å²) in [4.78, 5) is 26.8. The van der Waals surface area contributed by atoms with E-state index in [1.54, 1.807) is 12.1 Å². The van der Waals surface area contributed by atoms with E-state index in [1.807, 2.05) is 6.07 Å². The largest absolute Gasteiger partial charge is 0.493 e. The van der Waals surface area contributed by atoms with Crippen molar-refractivity contribution in [2.75, 3.05) is 19.7 Å². The number of benzene rings is 1. The van der Waals surface area contributed by atoms with Gasteiger partial charge in [-0.3, -0.25) is 9.59 Å². The highest BCUT2D eigenvalue weighted by molar-refractivity contribution is 6.00. The number of nitrogens with one attached hydrogen (secondary N) is 2. The van der Waals surface area contributed by atoms with Crippen LogP contribution in [-0.4, -0.2) is 31.5 Å². The zero-order chi connectivity index (χ0) is 52.4. The van der Waals surface area contributed by atoms with Gasteiger partial charge < -0.3 is 15.4 Å². The van der Waals surface area contributed by atoms with E-state index in [0.717, 1.165) is 38.5 Å². The third-order valence-electron chi connectivity index (χ3n) is 15.9. The van der Waals surface area contributed by atoms with Gasteiger partial charge in [-0.2, -0.15) is 0 Å². The summed E-state index contributed by atoms with van der Waals surface area (Å²) in [6.45, 7) is 8.83. The van der Waals surface area contributed by atoms with Crippen molar-refractivity contribution in [3.63, 3.8) is 0 Å². The summed E-state index contributed by atoms with van der Waals surface area (Å²) in [5.74, 6) is 0.377. The van der Waals surface area contributed by atoms with Crippen LogP contribution in [0.4, 0.5) is 0 Å². The number of carbonyl (C=O) groups excluding carboxylic acids is 2. The fraction of sp³-hybridized carbons (Fsp3) is 0.882. The normalized spacial score (nSPS) is 11.4. The second-order valence-corrected chi connectivity index (χ2v) is 23.1. The topological polar surface area (TPSA) is 67.4 Å². The van der Waals surface area contributed by atoms with Gasteiger partial charge in [0.1, 0.15) is 5.75 Å². The molecule has 428 valence electrons. The first-order valence-electron chi connectivity index (χ1n) is 33.5. The predicted molar refractivity (Wildman–Crippen MR) is 323 cm³/mol. The van der Waals surface area contributed by atoms with Crippen LogP contribution in [0.2, 0.25) is 0 Å². The summed E-state index contributed by atoms with van der Waals surface area (Å²) in [5, 5.41) is 6.33. The molecule has 0 aliphatic carbocycles. The summed E-state index contributed by atoms with van der Waals surface area (Å²) in [7, 11) is 0. The number of rotatable bonds is 60. The van der Waals surface area contributed by atoms with Gasteiger partial charge in [0.05, 0.1) is 12.2 Å². The summed E-state index contributed by atoms with van der Waals surface area (Å²) < 4.78 is 6.31. The van der Waals surface area contributed by atoms with E-state index in [-0.39, 0.29) is 11.8 Å². The number of amides is 2. The third kappa shape index (κ3) is 48.1. The fourth-order valence-electron chi connectivity index (χ4n) is 10.8. The Morgan fingerprint density at radius 2 is 0.534 bits per heavy atom. The van der Waals surface area contributed by atoms with Crippen molar-refractivity contribution in [3.05, 3.63) is 29.3 Å². The lowest BCUT2D eigenvalue weighted by Crippen LogP contribution is -2.26. The van der Waals surface area contributed by atoms with Crippen LogP contribution in [0.5, 0.6) is 5.75 Å². The quantitative estimate of drug-likeness (QED) is 0.0639. The second kappa shape index (κ2) is 57.7. The van der Waals surface area contributed by atoms with Crippen LogP contribution in [0.25, 0.3) is 0 Å². The van der Waals surface area contributed by atoms with Gasteiger partial charge in [-0.05, 0) is 37.5 Å². The van der Waals surface area contributed by atoms with Gasteiger partial charge in [0, 0.05) is 18.7 Å². The molecular weight excluding hydrogens is 893 g/mol. The summed E-state index contributed by atoms with van der Waals surface area (Å²) in [6, 6.07) is 5.42. The van der Waals surface area contributed by atoms with E-state index in [0.29, 0.717) is 36.6 Å². The van der Waals surface area contributed by atoms with Crippen molar-refractivity contribution >= 4 is 11.8 Å². The molecule has 0 saturated carbocycles. The van der Waals surface area contributed by atoms with Gasteiger partial charge in [0.25, 0.3) is 11.8 Å². The molecule has 0 spiro atoms. The fourth-order valence-corrected chi connectivity index (χ4v) is 10.8. The molecule has 0 atom stereocenters. The Hall–Kier alpha value is -2.04. The highest BCUT2D eigenvalue weighted by Gasteiger charge is 2.16. The van der Waals surface area contributed by atoms with E-state index in [9.17, 15) is 9.59 Å².